The number of para-hydroxylation sites is 1. The molecular formula is C42H36N2O8. The molecule has 10 nitrogen and oxygen atoms in total. The molecule has 262 valence electrons. The van der Waals surface area contributed by atoms with Gasteiger partial charge in [0, 0.05) is 34.7 Å². The fraction of sp³-hybridized carbons (Fsp3) is 0.262. The number of aromatic hydroxyl groups is 1. The average Bonchev–Trinajstić information content (AvgIpc) is 3.54. The van der Waals surface area contributed by atoms with Crippen LogP contribution in [0.5, 0.6) is 17.2 Å². The minimum Gasteiger partial charge on any atom is -0.508 e. The van der Waals surface area contributed by atoms with Crippen LogP contribution in [0, 0.1) is 29.1 Å². The monoisotopic (exact) mass is 696 g/mol. The van der Waals surface area contributed by atoms with Crippen LogP contribution in [0.3, 0.4) is 0 Å². The van der Waals surface area contributed by atoms with Crippen molar-refractivity contribution in [2.75, 3.05) is 24.0 Å². The SMILES string of the molecule is COc1cc(O)cc(OC)c1[C@H]1C2=CC[C@@H]3C(=O)N(c4ccc(C(=O)c5ccccc5)cc4)C(=O)[C@@H]3[C@@H]2C[C@H]2C(=O)N(c3ccccc3)C(=O)[C@@]12C. The Balaban J connectivity index is 1.22. The van der Waals surface area contributed by atoms with Gasteiger partial charge in [0.25, 0.3) is 0 Å². The zero-order valence-corrected chi connectivity index (χ0v) is 28.8. The minimum absolute atomic E-state index is 0.104. The van der Waals surface area contributed by atoms with Gasteiger partial charge in [-0.1, -0.05) is 60.2 Å². The molecule has 0 unspecified atom stereocenters. The number of benzene rings is 4. The molecule has 3 fully saturated rings. The van der Waals surface area contributed by atoms with Gasteiger partial charge in [-0.15, -0.1) is 0 Å². The van der Waals surface area contributed by atoms with Gasteiger partial charge in [-0.2, -0.15) is 0 Å². The smallest absolute Gasteiger partial charge is 0.241 e. The van der Waals surface area contributed by atoms with Crippen molar-refractivity contribution >= 4 is 40.8 Å². The Morgan fingerprint density at radius 1 is 0.731 bits per heavy atom. The third-order valence-corrected chi connectivity index (χ3v) is 11.5. The van der Waals surface area contributed by atoms with Gasteiger partial charge in [-0.3, -0.25) is 28.9 Å². The molecule has 52 heavy (non-hydrogen) atoms. The Hall–Kier alpha value is -6.03. The fourth-order valence-electron chi connectivity index (χ4n) is 9.13. The van der Waals surface area contributed by atoms with E-state index in [1.165, 1.54) is 36.2 Å². The van der Waals surface area contributed by atoms with E-state index < -0.39 is 46.8 Å². The Morgan fingerprint density at radius 3 is 1.92 bits per heavy atom. The number of carbonyl (C=O) groups is 5. The van der Waals surface area contributed by atoms with Crippen LogP contribution in [-0.4, -0.2) is 48.7 Å². The molecule has 2 aliphatic carbocycles. The van der Waals surface area contributed by atoms with Crippen LogP contribution in [0.4, 0.5) is 11.4 Å². The first-order valence-electron chi connectivity index (χ1n) is 17.3. The number of anilines is 2. The van der Waals surface area contributed by atoms with Gasteiger partial charge in [-0.25, -0.2) is 4.90 Å². The third kappa shape index (κ3) is 4.73. The molecule has 0 spiro atoms. The highest BCUT2D eigenvalue weighted by molar-refractivity contribution is 6.25. The molecule has 0 aromatic heterocycles. The van der Waals surface area contributed by atoms with Crippen LogP contribution in [-0.2, 0) is 19.2 Å². The van der Waals surface area contributed by atoms with Crippen LogP contribution < -0.4 is 19.3 Å². The summed E-state index contributed by atoms with van der Waals surface area (Å²) < 4.78 is 11.6. The van der Waals surface area contributed by atoms with Crippen molar-refractivity contribution in [1.82, 2.24) is 0 Å². The summed E-state index contributed by atoms with van der Waals surface area (Å²) in [5.41, 5.74) is 1.66. The number of carbonyl (C=O) groups excluding carboxylic acids is 5. The number of allylic oxidation sites excluding steroid dienone is 2. The lowest BCUT2D eigenvalue weighted by Gasteiger charge is -2.49. The van der Waals surface area contributed by atoms with E-state index in [-0.39, 0.29) is 47.7 Å². The summed E-state index contributed by atoms with van der Waals surface area (Å²) in [6, 6.07) is 27.0. The molecule has 2 aliphatic heterocycles. The molecule has 10 heteroatoms. The number of methoxy groups -OCH3 is 2. The van der Waals surface area contributed by atoms with E-state index in [2.05, 4.69) is 0 Å². The lowest BCUT2D eigenvalue weighted by Crippen LogP contribution is -2.49. The van der Waals surface area contributed by atoms with Crippen molar-refractivity contribution < 1.29 is 38.6 Å². The predicted octanol–water partition coefficient (Wildman–Crippen LogP) is 6.08. The first-order valence-corrected chi connectivity index (χ1v) is 17.3. The third-order valence-electron chi connectivity index (χ3n) is 11.5. The number of nitrogens with zero attached hydrogens (tertiary/aromatic N) is 2. The van der Waals surface area contributed by atoms with Crippen LogP contribution in [0.2, 0.25) is 0 Å². The summed E-state index contributed by atoms with van der Waals surface area (Å²) in [7, 11) is 2.91. The number of rotatable bonds is 7. The molecule has 2 heterocycles. The second-order valence-corrected chi connectivity index (χ2v) is 14.0. The minimum atomic E-state index is -1.33. The molecule has 4 aromatic carbocycles. The summed E-state index contributed by atoms with van der Waals surface area (Å²) >= 11 is 0. The van der Waals surface area contributed by atoms with Gasteiger partial charge in [-0.05, 0) is 62.1 Å². The second kappa shape index (κ2) is 12.3. The normalized spacial score (nSPS) is 26.4. The maximum Gasteiger partial charge on any atom is 0.241 e. The lowest BCUT2D eigenvalue weighted by atomic mass is 9.51. The van der Waals surface area contributed by atoms with E-state index in [4.69, 9.17) is 9.47 Å². The van der Waals surface area contributed by atoms with E-state index in [9.17, 15) is 29.1 Å². The predicted molar refractivity (Wildman–Crippen MR) is 191 cm³/mol. The molecule has 0 radical (unpaired) electrons. The Labute approximate surface area is 300 Å². The number of amides is 4. The number of phenolic OH excluding ortho intramolecular Hbond substituents is 1. The first-order chi connectivity index (χ1) is 25.1. The zero-order valence-electron chi connectivity index (χ0n) is 28.8. The van der Waals surface area contributed by atoms with Gasteiger partial charge >= 0.3 is 0 Å². The summed E-state index contributed by atoms with van der Waals surface area (Å²) in [6.07, 6.45) is 2.36. The average molecular weight is 697 g/mol. The van der Waals surface area contributed by atoms with Crippen molar-refractivity contribution in [2.45, 2.75) is 25.7 Å². The largest absolute Gasteiger partial charge is 0.508 e. The first kappa shape index (κ1) is 33.1. The number of fused-ring (bicyclic) bond motifs is 4. The van der Waals surface area contributed by atoms with Crippen LogP contribution in [0.25, 0.3) is 0 Å². The number of hydrogen-bond acceptors (Lipinski definition) is 8. The van der Waals surface area contributed by atoms with Gasteiger partial charge < -0.3 is 14.6 Å². The van der Waals surface area contributed by atoms with Crippen LogP contribution in [0.1, 0.15) is 47.2 Å². The molecular weight excluding hydrogens is 660 g/mol. The van der Waals surface area contributed by atoms with Gasteiger partial charge in [0.05, 0.1) is 48.8 Å². The standard InChI is InChI=1S/C42H36N2O8/c1-42-31(39(48)44(41(42)50)25-12-8-5-9-13-25)22-30-28(36(42)35-32(51-2)20-27(45)21-33(35)52-3)18-19-29-34(30)40(49)43(38(29)47)26-16-14-24(15-17-26)37(46)23-10-6-4-7-11-23/h4-18,20-21,29-31,34,36,45H,19,22H2,1-3H3/t29-,30+,31-,34-,36+,42+/m0/s1. The maximum absolute atomic E-state index is 14.7. The van der Waals surface area contributed by atoms with Gasteiger partial charge in [0.15, 0.2) is 5.78 Å². The zero-order chi connectivity index (χ0) is 36.5. The quantitative estimate of drug-likeness (QED) is 0.140. The van der Waals surface area contributed by atoms with Crippen molar-refractivity contribution in [2.24, 2.45) is 29.1 Å². The Kier molecular flexibility index (Phi) is 7.86. The van der Waals surface area contributed by atoms with Gasteiger partial charge in [0.2, 0.25) is 23.6 Å². The van der Waals surface area contributed by atoms with E-state index >= 15 is 0 Å². The molecule has 4 amide bonds. The highest BCUT2D eigenvalue weighted by Gasteiger charge is 2.68. The Bertz CT molecular complexity index is 2160. The highest BCUT2D eigenvalue weighted by Crippen LogP contribution is 2.65. The molecule has 1 N–H and O–H groups in total. The lowest BCUT2D eigenvalue weighted by molar-refractivity contribution is -0.131. The molecule has 0 bridgehead atoms. The van der Waals surface area contributed by atoms with Crippen molar-refractivity contribution in [3.63, 3.8) is 0 Å². The molecule has 4 aliphatic rings. The number of hydrogen-bond donors (Lipinski definition) is 1. The highest BCUT2D eigenvalue weighted by atomic mass is 16.5. The van der Waals surface area contributed by atoms with Crippen molar-refractivity contribution in [3.05, 3.63) is 125 Å². The van der Waals surface area contributed by atoms with E-state index in [1.54, 1.807) is 85.8 Å². The van der Waals surface area contributed by atoms with Gasteiger partial charge in [0.1, 0.15) is 17.2 Å². The number of ether oxygens (including phenoxy) is 2. The Morgan fingerprint density at radius 2 is 1.31 bits per heavy atom. The second-order valence-electron chi connectivity index (χ2n) is 14.0. The summed E-state index contributed by atoms with van der Waals surface area (Å²) in [5, 5.41) is 10.6. The summed E-state index contributed by atoms with van der Waals surface area (Å²) in [6.45, 7) is 1.78. The fourth-order valence-corrected chi connectivity index (χ4v) is 9.13. The number of ketones is 1. The van der Waals surface area contributed by atoms with Crippen molar-refractivity contribution in [3.8, 4) is 17.2 Å². The van der Waals surface area contributed by atoms with E-state index in [0.29, 0.717) is 28.1 Å². The maximum atomic E-state index is 14.7. The number of phenols is 1. The molecule has 4 aromatic rings. The molecule has 1 saturated carbocycles. The van der Waals surface area contributed by atoms with Crippen molar-refractivity contribution in [1.29, 1.82) is 0 Å². The topological polar surface area (TPSA) is 131 Å². The number of imide groups is 2. The van der Waals surface area contributed by atoms with Crippen LogP contribution >= 0.6 is 0 Å². The van der Waals surface area contributed by atoms with E-state index in [1.807, 2.05) is 12.1 Å². The summed E-state index contributed by atoms with van der Waals surface area (Å²) in [4.78, 5) is 73.4. The van der Waals surface area contributed by atoms with Crippen LogP contribution in [0.15, 0.2) is 109 Å². The van der Waals surface area contributed by atoms with E-state index in [0.717, 1.165) is 5.57 Å². The molecule has 8 rings (SSSR count). The molecule has 2 saturated heterocycles. The molecule has 6 atom stereocenters. The summed E-state index contributed by atoms with van der Waals surface area (Å²) in [5.74, 6) is -4.96.